The molecular formula is C18H29NO4. The lowest BCUT2D eigenvalue weighted by Crippen LogP contribution is -2.33. The molecule has 1 rings (SSSR count). The van der Waals surface area contributed by atoms with Crippen molar-refractivity contribution < 1.29 is 19.4 Å². The molecule has 0 aliphatic carbocycles. The summed E-state index contributed by atoms with van der Waals surface area (Å²) in [7, 11) is 0. The summed E-state index contributed by atoms with van der Waals surface area (Å²) in [6.45, 7) is 8.57. The lowest BCUT2D eigenvalue weighted by molar-refractivity contribution is 0.0518. The van der Waals surface area contributed by atoms with Gasteiger partial charge in [-0.05, 0) is 51.3 Å². The first-order chi connectivity index (χ1) is 10.8. The number of carbonyl (C=O) groups excluding carboxylic acids is 1. The molecule has 0 bridgehead atoms. The third kappa shape index (κ3) is 8.45. The molecule has 0 radical (unpaired) electrons. The Kier molecular flexibility index (Phi) is 7.89. The molecule has 1 aromatic rings. The van der Waals surface area contributed by atoms with Gasteiger partial charge >= 0.3 is 6.09 Å². The molecule has 0 aromatic heterocycles. The van der Waals surface area contributed by atoms with Crippen LogP contribution in [-0.4, -0.2) is 30.0 Å². The largest absolute Gasteiger partial charge is 0.494 e. The van der Waals surface area contributed by atoms with E-state index in [0.717, 1.165) is 24.2 Å². The van der Waals surface area contributed by atoms with Crippen LogP contribution >= 0.6 is 0 Å². The smallest absolute Gasteiger partial charge is 0.407 e. The monoisotopic (exact) mass is 323 g/mol. The second-order valence-electron chi connectivity index (χ2n) is 6.51. The number of benzene rings is 1. The highest BCUT2D eigenvalue weighted by Crippen LogP contribution is 2.21. The maximum Gasteiger partial charge on any atom is 0.407 e. The first kappa shape index (κ1) is 19.3. The van der Waals surface area contributed by atoms with Gasteiger partial charge in [0.25, 0.3) is 0 Å². The average molecular weight is 323 g/mol. The second-order valence-corrected chi connectivity index (χ2v) is 6.51. The second kappa shape index (κ2) is 9.40. The summed E-state index contributed by atoms with van der Waals surface area (Å²) in [4.78, 5) is 11.5. The van der Waals surface area contributed by atoms with Crippen molar-refractivity contribution in [3.05, 3.63) is 29.8 Å². The van der Waals surface area contributed by atoms with Gasteiger partial charge in [0.2, 0.25) is 0 Å². The van der Waals surface area contributed by atoms with Gasteiger partial charge in [0.05, 0.1) is 12.7 Å². The van der Waals surface area contributed by atoms with Gasteiger partial charge in [0.1, 0.15) is 11.4 Å². The Hall–Kier alpha value is -1.75. The Morgan fingerprint density at radius 3 is 2.74 bits per heavy atom. The number of aliphatic hydroxyl groups excluding tert-OH is 1. The van der Waals surface area contributed by atoms with Gasteiger partial charge in [-0.2, -0.15) is 0 Å². The van der Waals surface area contributed by atoms with E-state index in [4.69, 9.17) is 9.47 Å². The van der Waals surface area contributed by atoms with Crippen LogP contribution in [0.5, 0.6) is 5.75 Å². The summed E-state index contributed by atoms with van der Waals surface area (Å²) in [5, 5.41) is 12.9. The van der Waals surface area contributed by atoms with Crippen LogP contribution in [0.1, 0.15) is 58.6 Å². The lowest BCUT2D eigenvalue weighted by atomic mass is 10.1. The Balaban J connectivity index is 2.41. The fourth-order valence-corrected chi connectivity index (χ4v) is 1.94. The van der Waals surface area contributed by atoms with Gasteiger partial charge in [-0.3, -0.25) is 0 Å². The summed E-state index contributed by atoms with van der Waals surface area (Å²) in [5.74, 6) is 0.759. The van der Waals surface area contributed by atoms with Crippen LogP contribution in [0.25, 0.3) is 0 Å². The van der Waals surface area contributed by atoms with Crippen LogP contribution < -0.4 is 10.1 Å². The molecule has 0 aliphatic heterocycles. The maximum absolute atomic E-state index is 11.5. The molecule has 2 N–H and O–H groups in total. The molecule has 5 heteroatoms. The first-order valence-electron chi connectivity index (χ1n) is 8.19. The van der Waals surface area contributed by atoms with Crippen LogP contribution in [0.4, 0.5) is 4.79 Å². The van der Waals surface area contributed by atoms with E-state index in [9.17, 15) is 9.90 Å². The van der Waals surface area contributed by atoms with Crippen molar-refractivity contribution in [2.45, 2.75) is 58.7 Å². The van der Waals surface area contributed by atoms with E-state index in [0.29, 0.717) is 19.6 Å². The van der Waals surface area contributed by atoms with E-state index in [1.54, 1.807) is 0 Å². The molecule has 0 heterocycles. The highest BCUT2D eigenvalue weighted by Gasteiger charge is 2.16. The summed E-state index contributed by atoms with van der Waals surface area (Å²) >= 11 is 0. The molecule has 1 aromatic carbocycles. The Labute approximate surface area is 139 Å². The molecule has 0 saturated carbocycles. The van der Waals surface area contributed by atoms with Crippen LogP contribution in [0.3, 0.4) is 0 Å². The lowest BCUT2D eigenvalue weighted by Gasteiger charge is -2.20. The molecule has 23 heavy (non-hydrogen) atoms. The number of aliphatic hydroxyl groups is 1. The van der Waals surface area contributed by atoms with Gasteiger partial charge in [-0.1, -0.05) is 25.5 Å². The molecule has 5 nitrogen and oxygen atoms in total. The van der Waals surface area contributed by atoms with E-state index in [-0.39, 0.29) is 0 Å². The Morgan fingerprint density at radius 1 is 1.35 bits per heavy atom. The van der Waals surface area contributed by atoms with Crippen molar-refractivity contribution in [2.75, 3.05) is 13.2 Å². The number of unbranched alkanes of at least 4 members (excludes halogenated alkanes) is 1. The summed E-state index contributed by atoms with van der Waals surface area (Å²) in [5.41, 5.74) is 0.261. The number of nitrogens with one attached hydrogen (secondary N) is 1. The molecule has 1 amide bonds. The number of carbonyl (C=O) groups is 1. The number of alkyl carbamates (subject to hydrolysis) is 1. The predicted octanol–water partition coefficient (Wildman–Crippen LogP) is 3.81. The minimum Gasteiger partial charge on any atom is -0.494 e. The van der Waals surface area contributed by atoms with E-state index in [1.807, 2.05) is 45.0 Å². The van der Waals surface area contributed by atoms with Crippen LogP contribution in [0.2, 0.25) is 0 Å². The minimum absolute atomic E-state index is 0.344. The Bertz CT molecular complexity index is 482. The number of ether oxygens (including phenoxy) is 2. The minimum atomic E-state index is -0.653. The highest BCUT2D eigenvalue weighted by atomic mass is 16.6. The van der Waals surface area contributed by atoms with Crippen molar-refractivity contribution >= 4 is 6.09 Å². The molecule has 0 saturated heterocycles. The number of amides is 1. The highest BCUT2D eigenvalue weighted by molar-refractivity contribution is 5.67. The summed E-state index contributed by atoms with van der Waals surface area (Å²) in [6, 6.07) is 7.44. The zero-order valence-electron chi connectivity index (χ0n) is 14.6. The van der Waals surface area contributed by atoms with Gasteiger partial charge in [0.15, 0.2) is 0 Å². The number of hydrogen-bond acceptors (Lipinski definition) is 4. The van der Waals surface area contributed by atoms with E-state index in [2.05, 4.69) is 12.2 Å². The fraction of sp³-hybridized carbons (Fsp3) is 0.611. The summed E-state index contributed by atoms with van der Waals surface area (Å²) in [6.07, 6.45) is 1.38. The standard InChI is InChI=1S/C18H29NO4/c1-5-6-12-22-15-9-7-8-14(13-15)16(20)10-11-19-17(21)23-18(2,3)4/h7-9,13,16,20H,5-6,10-12H2,1-4H3,(H,19,21)/t16-/m1/s1. The van der Waals surface area contributed by atoms with Crippen molar-refractivity contribution in [3.8, 4) is 5.75 Å². The third-order valence-electron chi connectivity index (χ3n) is 3.10. The SMILES string of the molecule is CCCCOc1cccc([C@H](O)CCNC(=O)OC(C)(C)C)c1. The number of hydrogen-bond donors (Lipinski definition) is 2. The molecule has 0 aliphatic rings. The van der Waals surface area contributed by atoms with E-state index >= 15 is 0 Å². The molecule has 0 unspecified atom stereocenters. The normalized spacial score (nSPS) is 12.6. The zero-order chi connectivity index (χ0) is 17.3. The third-order valence-corrected chi connectivity index (χ3v) is 3.10. The zero-order valence-corrected chi connectivity index (χ0v) is 14.6. The Morgan fingerprint density at radius 2 is 2.09 bits per heavy atom. The van der Waals surface area contributed by atoms with Gasteiger partial charge < -0.3 is 19.9 Å². The van der Waals surface area contributed by atoms with Crippen LogP contribution in [-0.2, 0) is 4.74 Å². The van der Waals surface area contributed by atoms with E-state index < -0.39 is 17.8 Å². The molecule has 130 valence electrons. The van der Waals surface area contributed by atoms with Crippen molar-refractivity contribution in [2.24, 2.45) is 0 Å². The first-order valence-corrected chi connectivity index (χ1v) is 8.19. The molecule has 0 fully saturated rings. The molecule has 1 atom stereocenters. The summed E-state index contributed by atoms with van der Waals surface area (Å²) < 4.78 is 10.8. The van der Waals surface area contributed by atoms with E-state index in [1.165, 1.54) is 0 Å². The topological polar surface area (TPSA) is 67.8 Å². The van der Waals surface area contributed by atoms with Crippen molar-refractivity contribution in [1.29, 1.82) is 0 Å². The fourth-order valence-electron chi connectivity index (χ4n) is 1.94. The van der Waals surface area contributed by atoms with Gasteiger partial charge in [0, 0.05) is 6.54 Å². The van der Waals surface area contributed by atoms with Crippen molar-refractivity contribution in [3.63, 3.8) is 0 Å². The van der Waals surface area contributed by atoms with Gasteiger partial charge in [-0.15, -0.1) is 0 Å². The predicted molar refractivity (Wildman–Crippen MR) is 90.7 cm³/mol. The average Bonchev–Trinajstić information content (AvgIpc) is 2.46. The number of rotatable bonds is 8. The molecular weight excluding hydrogens is 294 g/mol. The van der Waals surface area contributed by atoms with Gasteiger partial charge in [-0.25, -0.2) is 4.79 Å². The van der Waals surface area contributed by atoms with Crippen LogP contribution in [0, 0.1) is 0 Å². The van der Waals surface area contributed by atoms with Crippen molar-refractivity contribution in [1.82, 2.24) is 5.32 Å². The molecule has 0 spiro atoms. The quantitative estimate of drug-likeness (QED) is 0.714. The van der Waals surface area contributed by atoms with Crippen LogP contribution in [0.15, 0.2) is 24.3 Å². The maximum atomic E-state index is 11.5.